The molecule has 0 radical (unpaired) electrons. The molecule has 0 saturated carbocycles. The molecule has 1 aliphatic heterocycles. The second-order valence-electron chi connectivity index (χ2n) is 4.83. The highest BCUT2D eigenvalue weighted by Crippen LogP contribution is 2.44. The fourth-order valence-electron chi connectivity index (χ4n) is 2.62. The number of rotatable bonds is 2. The summed E-state index contributed by atoms with van der Waals surface area (Å²) in [5.74, 6) is 0.249. The maximum absolute atomic E-state index is 10.6. The van der Waals surface area contributed by atoms with Crippen LogP contribution in [0.5, 0.6) is 11.5 Å². The summed E-state index contributed by atoms with van der Waals surface area (Å²) >= 11 is 0. The fourth-order valence-corrected chi connectivity index (χ4v) is 2.62. The van der Waals surface area contributed by atoms with Crippen molar-refractivity contribution in [1.82, 2.24) is 0 Å². The summed E-state index contributed by atoms with van der Waals surface area (Å²) in [5.41, 5.74) is 1.61. The average Bonchev–Trinajstić information content (AvgIpc) is 2.47. The zero-order valence-electron chi connectivity index (χ0n) is 11.1. The fraction of sp³-hybridized carbons (Fsp3) is 0.250. The van der Waals surface area contributed by atoms with Gasteiger partial charge in [0.25, 0.3) is 0 Å². The van der Waals surface area contributed by atoms with Crippen LogP contribution >= 0.6 is 0 Å². The zero-order valence-corrected chi connectivity index (χ0v) is 11.1. The third-order valence-corrected chi connectivity index (χ3v) is 3.61. The number of hydrogen-bond acceptors (Lipinski definition) is 4. The van der Waals surface area contributed by atoms with E-state index in [1.807, 2.05) is 30.3 Å². The van der Waals surface area contributed by atoms with Gasteiger partial charge in [-0.3, -0.25) is 0 Å². The summed E-state index contributed by atoms with van der Waals surface area (Å²) in [6, 6.07) is 14.3. The van der Waals surface area contributed by atoms with E-state index >= 15 is 0 Å². The standard InChI is InChI=1S/C16H16O4/c1-19-16-14(10-5-3-2-4-6-10)15(18)12-8-7-11(17)9-13(12)20-16/h2-9,14-18H,1H3. The summed E-state index contributed by atoms with van der Waals surface area (Å²) in [7, 11) is 1.54. The summed E-state index contributed by atoms with van der Waals surface area (Å²) in [4.78, 5) is 0. The normalized spacial score (nSPS) is 24.8. The molecule has 0 bridgehead atoms. The predicted octanol–water partition coefficient (Wildman–Crippen LogP) is 2.57. The Morgan fingerprint density at radius 1 is 1.10 bits per heavy atom. The van der Waals surface area contributed by atoms with Crippen molar-refractivity contribution in [1.29, 1.82) is 0 Å². The highest BCUT2D eigenvalue weighted by Gasteiger charge is 2.38. The Bertz CT molecular complexity index is 597. The van der Waals surface area contributed by atoms with E-state index in [2.05, 4.69) is 0 Å². The van der Waals surface area contributed by atoms with E-state index in [1.54, 1.807) is 19.2 Å². The Hall–Kier alpha value is -2.04. The Morgan fingerprint density at radius 2 is 1.85 bits per heavy atom. The molecule has 2 N–H and O–H groups in total. The first kappa shape index (κ1) is 13.0. The van der Waals surface area contributed by atoms with Crippen molar-refractivity contribution >= 4 is 0 Å². The van der Waals surface area contributed by atoms with Crippen molar-refractivity contribution in [3.8, 4) is 11.5 Å². The molecular weight excluding hydrogens is 256 g/mol. The molecule has 0 aromatic heterocycles. The van der Waals surface area contributed by atoms with Gasteiger partial charge in [-0.1, -0.05) is 30.3 Å². The van der Waals surface area contributed by atoms with Crippen LogP contribution < -0.4 is 4.74 Å². The van der Waals surface area contributed by atoms with E-state index in [4.69, 9.17) is 9.47 Å². The Kier molecular flexibility index (Phi) is 3.34. The van der Waals surface area contributed by atoms with Crippen LogP contribution in [0, 0.1) is 0 Å². The van der Waals surface area contributed by atoms with Gasteiger partial charge in [-0.05, 0) is 17.7 Å². The second kappa shape index (κ2) is 5.15. The van der Waals surface area contributed by atoms with Crippen LogP contribution in [-0.4, -0.2) is 23.6 Å². The van der Waals surface area contributed by atoms with Crippen molar-refractivity contribution in [3.63, 3.8) is 0 Å². The highest BCUT2D eigenvalue weighted by atomic mass is 16.7. The van der Waals surface area contributed by atoms with Gasteiger partial charge in [0, 0.05) is 18.7 Å². The summed E-state index contributed by atoms with van der Waals surface area (Å²) in [5, 5.41) is 20.1. The van der Waals surface area contributed by atoms with E-state index in [0.717, 1.165) is 5.56 Å². The second-order valence-corrected chi connectivity index (χ2v) is 4.83. The lowest BCUT2D eigenvalue weighted by Gasteiger charge is -2.36. The Balaban J connectivity index is 2.05. The van der Waals surface area contributed by atoms with E-state index in [9.17, 15) is 10.2 Å². The van der Waals surface area contributed by atoms with Gasteiger partial charge < -0.3 is 19.7 Å². The third-order valence-electron chi connectivity index (χ3n) is 3.61. The summed E-state index contributed by atoms with van der Waals surface area (Å²) in [6.45, 7) is 0. The topological polar surface area (TPSA) is 58.9 Å². The van der Waals surface area contributed by atoms with Crippen LogP contribution in [0.1, 0.15) is 23.1 Å². The van der Waals surface area contributed by atoms with Crippen LogP contribution in [-0.2, 0) is 4.74 Å². The van der Waals surface area contributed by atoms with E-state index in [-0.39, 0.29) is 11.7 Å². The monoisotopic (exact) mass is 272 g/mol. The Labute approximate surface area is 117 Å². The maximum atomic E-state index is 10.6. The van der Waals surface area contributed by atoms with Gasteiger partial charge in [0.1, 0.15) is 11.5 Å². The molecule has 0 aliphatic carbocycles. The number of aromatic hydroxyl groups is 1. The quantitative estimate of drug-likeness (QED) is 0.882. The van der Waals surface area contributed by atoms with Gasteiger partial charge in [-0.25, -0.2) is 0 Å². The molecular formula is C16H16O4. The molecule has 3 unspecified atom stereocenters. The minimum atomic E-state index is -0.744. The summed E-state index contributed by atoms with van der Waals surface area (Å²) in [6.07, 6.45) is -1.34. The number of ether oxygens (including phenoxy) is 2. The largest absolute Gasteiger partial charge is 0.508 e. The van der Waals surface area contributed by atoms with E-state index < -0.39 is 12.4 Å². The van der Waals surface area contributed by atoms with Gasteiger partial charge in [0.15, 0.2) is 0 Å². The molecule has 1 heterocycles. The zero-order chi connectivity index (χ0) is 14.1. The number of aliphatic hydroxyl groups excluding tert-OH is 1. The van der Waals surface area contributed by atoms with Crippen LogP contribution in [0.4, 0.5) is 0 Å². The molecule has 20 heavy (non-hydrogen) atoms. The van der Waals surface area contributed by atoms with Gasteiger partial charge in [-0.2, -0.15) is 0 Å². The van der Waals surface area contributed by atoms with Crippen molar-refractivity contribution in [2.45, 2.75) is 18.3 Å². The average molecular weight is 272 g/mol. The lowest BCUT2D eigenvalue weighted by atomic mass is 9.86. The van der Waals surface area contributed by atoms with Crippen LogP contribution in [0.3, 0.4) is 0 Å². The molecule has 4 heteroatoms. The first-order valence-corrected chi connectivity index (χ1v) is 6.46. The van der Waals surface area contributed by atoms with Crippen molar-refractivity contribution in [3.05, 3.63) is 59.7 Å². The number of aliphatic hydroxyl groups is 1. The molecule has 4 nitrogen and oxygen atoms in total. The van der Waals surface area contributed by atoms with E-state index in [1.165, 1.54) is 6.07 Å². The molecule has 1 aliphatic rings. The van der Waals surface area contributed by atoms with E-state index in [0.29, 0.717) is 11.3 Å². The van der Waals surface area contributed by atoms with Crippen LogP contribution in [0.15, 0.2) is 48.5 Å². The summed E-state index contributed by atoms with van der Waals surface area (Å²) < 4.78 is 11.1. The first-order valence-electron chi connectivity index (χ1n) is 6.46. The molecule has 104 valence electrons. The smallest absolute Gasteiger partial charge is 0.209 e. The van der Waals surface area contributed by atoms with Crippen molar-refractivity contribution < 1.29 is 19.7 Å². The van der Waals surface area contributed by atoms with Crippen LogP contribution in [0.2, 0.25) is 0 Å². The number of methoxy groups -OCH3 is 1. The first-order chi connectivity index (χ1) is 9.70. The lowest BCUT2D eigenvalue weighted by Crippen LogP contribution is -2.35. The number of phenols is 1. The molecule has 2 aromatic carbocycles. The molecule has 0 spiro atoms. The SMILES string of the molecule is COC1Oc2cc(O)ccc2C(O)C1c1ccccc1. The van der Waals surface area contributed by atoms with Crippen molar-refractivity contribution in [2.24, 2.45) is 0 Å². The third kappa shape index (κ3) is 2.13. The predicted molar refractivity (Wildman–Crippen MR) is 73.7 cm³/mol. The molecule has 0 amide bonds. The molecule has 0 fully saturated rings. The highest BCUT2D eigenvalue weighted by molar-refractivity contribution is 5.45. The van der Waals surface area contributed by atoms with Crippen molar-refractivity contribution in [2.75, 3.05) is 7.11 Å². The maximum Gasteiger partial charge on any atom is 0.209 e. The number of phenolic OH excluding ortho intramolecular Hbond substituents is 1. The number of benzene rings is 2. The molecule has 2 aromatic rings. The van der Waals surface area contributed by atoms with Gasteiger partial charge >= 0.3 is 0 Å². The lowest BCUT2D eigenvalue weighted by molar-refractivity contribution is -0.112. The minimum Gasteiger partial charge on any atom is -0.508 e. The number of fused-ring (bicyclic) bond motifs is 1. The molecule has 3 atom stereocenters. The van der Waals surface area contributed by atoms with Crippen LogP contribution in [0.25, 0.3) is 0 Å². The minimum absolute atomic E-state index is 0.101. The Morgan fingerprint density at radius 3 is 2.55 bits per heavy atom. The van der Waals surface area contributed by atoms with Gasteiger partial charge in [-0.15, -0.1) is 0 Å². The number of hydrogen-bond donors (Lipinski definition) is 2. The van der Waals surface area contributed by atoms with Gasteiger partial charge in [0.05, 0.1) is 12.0 Å². The van der Waals surface area contributed by atoms with Gasteiger partial charge in [0.2, 0.25) is 6.29 Å². The molecule has 3 rings (SSSR count). The molecule has 0 saturated heterocycles.